The van der Waals surface area contributed by atoms with Gasteiger partial charge < -0.3 is 5.32 Å². The number of rotatable bonds is 0. The van der Waals surface area contributed by atoms with Crippen molar-refractivity contribution >= 4 is 10.8 Å². The molecule has 0 radical (unpaired) electrons. The van der Waals surface area contributed by atoms with Crippen LogP contribution in [0, 0.1) is 0 Å². The van der Waals surface area contributed by atoms with Crippen LogP contribution in [0.2, 0.25) is 0 Å². The lowest BCUT2D eigenvalue weighted by Crippen LogP contribution is -2.03. The molecule has 1 fully saturated rings. The fourth-order valence-electron chi connectivity index (χ4n) is 0.479. The van der Waals surface area contributed by atoms with E-state index in [2.05, 4.69) is 11.9 Å². The van der Waals surface area contributed by atoms with Gasteiger partial charge in [0, 0.05) is 16.5 Å². The van der Waals surface area contributed by atoms with E-state index < -0.39 is 10.8 Å². The second kappa shape index (κ2) is 1.66. The molecule has 0 amide bonds. The van der Waals surface area contributed by atoms with Crippen molar-refractivity contribution in [3.8, 4) is 0 Å². The van der Waals surface area contributed by atoms with Gasteiger partial charge >= 0.3 is 0 Å². The van der Waals surface area contributed by atoms with Gasteiger partial charge in [0.25, 0.3) is 0 Å². The van der Waals surface area contributed by atoms with E-state index >= 15 is 0 Å². The fourth-order valence-corrected chi connectivity index (χ4v) is 1.44. The summed E-state index contributed by atoms with van der Waals surface area (Å²) >= 11 is 0. The molecule has 1 unspecified atom stereocenters. The Kier molecular flexibility index (Phi) is 1.15. The van der Waals surface area contributed by atoms with Crippen molar-refractivity contribution in [1.82, 2.24) is 5.32 Å². The molecule has 3 heteroatoms. The first-order valence-corrected chi connectivity index (χ1v) is 3.54. The zero-order valence-electron chi connectivity index (χ0n) is 3.94. The minimum atomic E-state index is -0.664. The van der Waals surface area contributed by atoms with Crippen LogP contribution in [0.25, 0.3) is 0 Å². The molecule has 0 saturated carbocycles. The zero-order chi connectivity index (χ0) is 5.28. The number of nitrogens with one attached hydrogen (secondary N) is 1. The summed E-state index contributed by atoms with van der Waals surface area (Å²) in [5.41, 5.74) is 0.901. The van der Waals surface area contributed by atoms with Crippen LogP contribution in [-0.4, -0.2) is 15.8 Å². The third-order valence-electron chi connectivity index (χ3n) is 0.818. The summed E-state index contributed by atoms with van der Waals surface area (Å²) in [5.74, 6) is 1.23. The van der Waals surface area contributed by atoms with Gasteiger partial charge in [0.15, 0.2) is 0 Å². The molecule has 7 heavy (non-hydrogen) atoms. The smallest absolute Gasteiger partial charge is 0.0912 e. The van der Waals surface area contributed by atoms with Crippen molar-refractivity contribution in [1.29, 1.82) is 0 Å². The van der Waals surface area contributed by atoms with Crippen LogP contribution < -0.4 is 5.32 Å². The quantitative estimate of drug-likeness (QED) is 0.476. The third kappa shape index (κ3) is 1.03. The number of hydrogen-bond acceptors (Lipinski definition) is 2. The summed E-state index contributed by atoms with van der Waals surface area (Å²) in [6, 6.07) is 0. The molecule has 1 saturated heterocycles. The fraction of sp³-hybridized carbons (Fsp3) is 0.500. The van der Waals surface area contributed by atoms with Gasteiger partial charge in [-0.25, -0.2) is 0 Å². The molecule has 1 heterocycles. The lowest BCUT2D eigenvalue weighted by atomic mass is 10.6. The molecule has 0 aromatic carbocycles. The van der Waals surface area contributed by atoms with Crippen molar-refractivity contribution < 1.29 is 4.21 Å². The Balaban J connectivity index is 2.55. The molecule has 1 rings (SSSR count). The standard InChI is InChI=1S/C4H7NOS/c1-4-2-7(6)3-5-4/h5H,1-3H2. The van der Waals surface area contributed by atoms with Gasteiger partial charge in [-0.15, -0.1) is 0 Å². The van der Waals surface area contributed by atoms with Crippen LogP contribution in [0.15, 0.2) is 12.3 Å². The third-order valence-corrected chi connectivity index (χ3v) is 1.96. The Bertz CT molecular complexity index is 107. The summed E-state index contributed by atoms with van der Waals surface area (Å²) in [6.07, 6.45) is 0. The molecule has 0 bridgehead atoms. The van der Waals surface area contributed by atoms with E-state index in [1.54, 1.807) is 0 Å². The lowest BCUT2D eigenvalue weighted by Gasteiger charge is -1.84. The highest BCUT2D eigenvalue weighted by Gasteiger charge is 2.08. The molecule has 1 aliphatic heterocycles. The van der Waals surface area contributed by atoms with Crippen molar-refractivity contribution in [2.24, 2.45) is 0 Å². The average Bonchev–Trinajstić information content (AvgIpc) is 1.87. The van der Waals surface area contributed by atoms with Crippen molar-refractivity contribution in [2.45, 2.75) is 0 Å². The van der Waals surface area contributed by atoms with E-state index in [0.717, 1.165) is 5.70 Å². The lowest BCUT2D eigenvalue weighted by molar-refractivity contribution is 0.686. The van der Waals surface area contributed by atoms with E-state index in [1.165, 1.54) is 0 Å². The largest absolute Gasteiger partial charge is 0.377 e. The van der Waals surface area contributed by atoms with Gasteiger partial charge in [-0.2, -0.15) is 0 Å². The Labute approximate surface area is 45.1 Å². The number of hydrogen-bond donors (Lipinski definition) is 1. The first-order valence-electron chi connectivity index (χ1n) is 2.05. The average molecular weight is 117 g/mol. The monoisotopic (exact) mass is 117 g/mol. The zero-order valence-corrected chi connectivity index (χ0v) is 4.75. The highest BCUT2D eigenvalue weighted by Crippen LogP contribution is 1.97. The van der Waals surface area contributed by atoms with Gasteiger partial charge in [0.05, 0.1) is 11.6 Å². The van der Waals surface area contributed by atoms with Gasteiger partial charge in [-0.1, -0.05) is 6.58 Å². The maximum atomic E-state index is 10.4. The molecule has 0 aromatic heterocycles. The van der Waals surface area contributed by atoms with E-state index in [1.807, 2.05) is 0 Å². The van der Waals surface area contributed by atoms with Crippen molar-refractivity contribution in [3.05, 3.63) is 12.3 Å². The van der Waals surface area contributed by atoms with Gasteiger partial charge in [0.2, 0.25) is 0 Å². The Morgan fingerprint density at radius 1 is 1.86 bits per heavy atom. The highest BCUT2D eigenvalue weighted by molar-refractivity contribution is 7.85. The first-order chi connectivity index (χ1) is 3.29. The molecular weight excluding hydrogens is 110 g/mol. The normalized spacial score (nSPS) is 30.3. The van der Waals surface area contributed by atoms with Gasteiger partial charge in [0.1, 0.15) is 0 Å². The predicted octanol–water partition coefficient (Wildman–Crippen LogP) is -0.191. The van der Waals surface area contributed by atoms with Crippen LogP contribution in [0.3, 0.4) is 0 Å². The molecule has 1 aliphatic rings. The maximum Gasteiger partial charge on any atom is 0.0912 e. The van der Waals surface area contributed by atoms with Crippen molar-refractivity contribution in [2.75, 3.05) is 11.6 Å². The second-order valence-electron chi connectivity index (χ2n) is 1.51. The van der Waals surface area contributed by atoms with E-state index in [0.29, 0.717) is 11.6 Å². The van der Waals surface area contributed by atoms with E-state index in [4.69, 9.17) is 0 Å². The molecule has 0 spiro atoms. The van der Waals surface area contributed by atoms with Crippen LogP contribution in [0.4, 0.5) is 0 Å². The van der Waals surface area contributed by atoms with Crippen LogP contribution in [-0.2, 0) is 10.8 Å². The van der Waals surface area contributed by atoms with E-state index in [-0.39, 0.29) is 0 Å². The van der Waals surface area contributed by atoms with Crippen LogP contribution in [0.5, 0.6) is 0 Å². The molecule has 1 N–H and O–H groups in total. The Hall–Kier alpha value is -0.310. The maximum absolute atomic E-state index is 10.4. The highest BCUT2D eigenvalue weighted by atomic mass is 32.2. The summed E-state index contributed by atoms with van der Waals surface area (Å²) in [5, 5.41) is 2.87. The van der Waals surface area contributed by atoms with Gasteiger partial charge in [-0.05, 0) is 0 Å². The Morgan fingerprint density at radius 3 is 2.71 bits per heavy atom. The summed E-state index contributed by atoms with van der Waals surface area (Å²) in [4.78, 5) is 0. The molecule has 0 aliphatic carbocycles. The van der Waals surface area contributed by atoms with E-state index in [9.17, 15) is 4.21 Å². The van der Waals surface area contributed by atoms with Crippen LogP contribution in [0.1, 0.15) is 0 Å². The summed E-state index contributed by atoms with van der Waals surface area (Å²) in [7, 11) is -0.664. The SMILES string of the molecule is C=C1CS(=O)CN1. The Morgan fingerprint density at radius 2 is 2.57 bits per heavy atom. The summed E-state index contributed by atoms with van der Waals surface area (Å²) < 4.78 is 10.4. The minimum Gasteiger partial charge on any atom is -0.377 e. The topological polar surface area (TPSA) is 29.1 Å². The molecule has 40 valence electrons. The van der Waals surface area contributed by atoms with Crippen molar-refractivity contribution in [3.63, 3.8) is 0 Å². The van der Waals surface area contributed by atoms with Crippen LogP contribution >= 0.6 is 0 Å². The predicted molar refractivity (Wildman–Crippen MR) is 30.2 cm³/mol. The minimum absolute atomic E-state index is 0.596. The first kappa shape index (κ1) is 4.84. The van der Waals surface area contributed by atoms with Gasteiger partial charge in [-0.3, -0.25) is 4.21 Å². The molecule has 0 aromatic rings. The molecule has 2 nitrogen and oxygen atoms in total. The molecular formula is C4H7NOS. The summed E-state index contributed by atoms with van der Waals surface area (Å²) in [6.45, 7) is 3.60. The molecule has 1 atom stereocenters. The second-order valence-corrected chi connectivity index (χ2v) is 2.97.